The van der Waals surface area contributed by atoms with Gasteiger partial charge in [0.05, 0.1) is 5.69 Å². The molecule has 10 heavy (non-hydrogen) atoms. The number of anilines is 1. The zero-order chi connectivity index (χ0) is 6.97. The van der Waals surface area contributed by atoms with Crippen LogP contribution < -0.4 is 5.32 Å². The Morgan fingerprint density at radius 1 is 1.40 bits per heavy atom. The SMILES string of the molecule is [O]C1Nc2ccccc2S1. The van der Waals surface area contributed by atoms with E-state index in [2.05, 4.69) is 5.32 Å². The molecule has 1 aliphatic rings. The van der Waals surface area contributed by atoms with Gasteiger partial charge >= 0.3 is 0 Å². The summed E-state index contributed by atoms with van der Waals surface area (Å²) in [6.45, 7) is 0. The van der Waals surface area contributed by atoms with Crippen molar-refractivity contribution >= 4 is 17.4 Å². The minimum Gasteiger partial charge on any atom is -0.348 e. The molecule has 0 fully saturated rings. The lowest BCUT2D eigenvalue weighted by Crippen LogP contribution is -2.04. The van der Waals surface area contributed by atoms with E-state index in [-0.39, 0.29) is 0 Å². The molecule has 51 valence electrons. The second kappa shape index (κ2) is 2.18. The summed E-state index contributed by atoms with van der Waals surface area (Å²) in [6, 6.07) is 7.72. The standard InChI is InChI=1S/C7H6NOS/c9-7-8-5-3-1-2-4-6(5)10-7/h1-4,7-8H. The van der Waals surface area contributed by atoms with Crippen LogP contribution in [0, 0.1) is 0 Å². The van der Waals surface area contributed by atoms with Gasteiger partial charge in [-0.3, -0.25) is 0 Å². The molecule has 0 aliphatic carbocycles. The fourth-order valence-corrected chi connectivity index (χ4v) is 1.79. The number of rotatable bonds is 0. The number of hydrogen-bond donors (Lipinski definition) is 1. The maximum atomic E-state index is 10.8. The fourth-order valence-electron chi connectivity index (χ4n) is 0.960. The van der Waals surface area contributed by atoms with E-state index in [1.54, 1.807) is 0 Å². The molecule has 0 aromatic heterocycles. The Bertz CT molecular complexity index is 226. The molecule has 1 aromatic rings. The van der Waals surface area contributed by atoms with Crippen molar-refractivity contribution in [2.45, 2.75) is 10.5 Å². The summed E-state index contributed by atoms with van der Waals surface area (Å²) in [5.74, 6) is 0. The third kappa shape index (κ3) is 0.874. The second-order valence-electron chi connectivity index (χ2n) is 2.09. The summed E-state index contributed by atoms with van der Waals surface area (Å²) in [5, 5.41) is 13.6. The lowest BCUT2D eigenvalue weighted by molar-refractivity contribution is 0.190. The summed E-state index contributed by atoms with van der Waals surface area (Å²) in [6.07, 6.45) is 0. The number of hydrogen-bond acceptors (Lipinski definition) is 2. The average Bonchev–Trinajstić information content (AvgIpc) is 2.27. The molecule has 1 heterocycles. The third-order valence-electron chi connectivity index (χ3n) is 1.39. The molecule has 3 heteroatoms. The average molecular weight is 152 g/mol. The fraction of sp³-hybridized carbons (Fsp3) is 0.143. The maximum absolute atomic E-state index is 10.8. The number of para-hydroxylation sites is 1. The Morgan fingerprint density at radius 2 is 2.20 bits per heavy atom. The molecule has 0 amide bonds. The summed E-state index contributed by atoms with van der Waals surface area (Å²) in [4.78, 5) is 1.06. The first-order chi connectivity index (χ1) is 4.86. The molecule has 1 unspecified atom stereocenters. The van der Waals surface area contributed by atoms with E-state index in [1.807, 2.05) is 24.3 Å². The highest BCUT2D eigenvalue weighted by atomic mass is 32.2. The van der Waals surface area contributed by atoms with Crippen molar-refractivity contribution < 1.29 is 5.11 Å². The van der Waals surface area contributed by atoms with Gasteiger partial charge in [0.25, 0.3) is 0 Å². The Hall–Kier alpha value is -0.670. The van der Waals surface area contributed by atoms with Crippen LogP contribution in [0.4, 0.5) is 5.69 Å². The molecule has 0 bridgehead atoms. The van der Waals surface area contributed by atoms with Gasteiger partial charge in [-0.05, 0) is 12.1 Å². The quantitative estimate of drug-likeness (QED) is 0.616. The van der Waals surface area contributed by atoms with E-state index < -0.39 is 5.56 Å². The molecule has 1 N–H and O–H groups in total. The summed E-state index contributed by atoms with van der Waals surface area (Å²) >= 11 is 1.32. The number of fused-ring (bicyclic) bond motifs is 1. The van der Waals surface area contributed by atoms with Gasteiger partial charge in [-0.15, -0.1) is 0 Å². The Labute approximate surface area is 63.3 Å². The molecule has 0 saturated heterocycles. The van der Waals surface area contributed by atoms with Gasteiger partial charge < -0.3 is 5.32 Å². The Kier molecular flexibility index (Phi) is 1.32. The van der Waals surface area contributed by atoms with Crippen LogP contribution in [0.3, 0.4) is 0 Å². The number of benzene rings is 1. The van der Waals surface area contributed by atoms with E-state index in [9.17, 15) is 5.11 Å². The van der Waals surface area contributed by atoms with E-state index in [0.717, 1.165) is 10.6 Å². The first-order valence-electron chi connectivity index (χ1n) is 3.04. The lowest BCUT2D eigenvalue weighted by atomic mass is 10.3. The van der Waals surface area contributed by atoms with Crippen molar-refractivity contribution in [2.75, 3.05) is 5.32 Å². The van der Waals surface area contributed by atoms with Crippen LogP contribution in [0.5, 0.6) is 0 Å². The summed E-state index contributed by atoms with van der Waals surface area (Å²) in [7, 11) is 0. The minimum atomic E-state index is -0.711. The van der Waals surface area contributed by atoms with Crippen LogP contribution in [0.15, 0.2) is 29.2 Å². The first-order valence-corrected chi connectivity index (χ1v) is 3.92. The second-order valence-corrected chi connectivity index (χ2v) is 3.19. The highest BCUT2D eigenvalue weighted by molar-refractivity contribution is 8.00. The van der Waals surface area contributed by atoms with Crippen molar-refractivity contribution in [2.24, 2.45) is 0 Å². The Morgan fingerprint density at radius 3 is 3.00 bits per heavy atom. The molecule has 1 atom stereocenters. The topological polar surface area (TPSA) is 31.9 Å². The van der Waals surface area contributed by atoms with Crippen LogP contribution in [0.2, 0.25) is 0 Å². The number of thioether (sulfide) groups is 1. The van der Waals surface area contributed by atoms with Crippen LogP contribution in [0.1, 0.15) is 0 Å². The van der Waals surface area contributed by atoms with Crippen LogP contribution in [0.25, 0.3) is 0 Å². The molecule has 2 rings (SSSR count). The van der Waals surface area contributed by atoms with Gasteiger partial charge in [-0.1, -0.05) is 23.9 Å². The smallest absolute Gasteiger partial charge is 0.214 e. The monoisotopic (exact) mass is 152 g/mol. The molecule has 1 aliphatic heterocycles. The van der Waals surface area contributed by atoms with Crippen molar-refractivity contribution in [1.29, 1.82) is 0 Å². The van der Waals surface area contributed by atoms with Gasteiger partial charge in [0.2, 0.25) is 5.56 Å². The normalized spacial score (nSPS) is 21.9. The van der Waals surface area contributed by atoms with Crippen LogP contribution >= 0.6 is 11.8 Å². The zero-order valence-corrected chi connectivity index (χ0v) is 6.02. The van der Waals surface area contributed by atoms with E-state index in [4.69, 9.17) is 0 Å². The molecular weight excluding hydrogens is 146 g/mol. The van der Waals surface area contributed by atoms with E-state index in [1.165, 1.54) is 11.8 Å². The molecule has 1 radical (unpaired) electrons. The van der Waals surface area contributed by atoms with E-state index >= 15 is 0 Å². The van der Waals surface area contributed by atoms with Crippen molar-refractivity contribution in [3.63, 3.8) is 0 Å². The van der Waals surface area contributed by atoms with Crippen molar-refractivity contribution in [1.82, 2.24) is 0 Å². The molecule has 0 saturated carbocycles. The molecular formula is C7H6NOS. The third-order valence-corrected chi connectivity index (χ3v) is 2.34. The first kappa shape index (κ1) is 6.07. The van der Waals surface area contributed by atoms with E-state index in [0.29, 0.717) is 0 Å². The van der Waals surface area contributed by atoms with Gasteiger partial charge in [0, 0.05) is 4.90 Å². The molecule has 2 nitrogen and oxygen atoms in total. The van der Waals surface area contributed by atoms with Crippen LogP contribution in [-0.4, -0.2) is 5.56 Å². The largest absolute Gasteiger partial charge is 0.348 e. The summed E-state index contributed by atoms with van der Waals surface area (Å²) in [5.41, 5.74) is 0.255. The minimum absolute atomic E-state index is 0.711. The van der Waals surface area contributed by atoms with Gasteiger partial charge in [-0.25, -0.2) is 0 Å². The lowest BCUT2D eigenvalue weighted by Gasteiger charge is -1.95. The Balaban J connectivity index is 2.42. The van der Waals surface area contributed by atoms with Crippen molar-refractivity contribution in [3.8, 4) is 0 Å². The van der Waals surface area contributed by atoms with Crippen molar-refractivity contribution in [3.05, 3.63) is 24.3 Å². The predicted octanol–water partition coefficient (Wildman–Crippen LogP) is 1.92. The van der Waals surface area contributed by atoms with Crippen LogP contribution in [-0.2, 0) is 5.11 Å². The van der Waals surface area contributed by atoms with Gasteiger partial charge in [-0.2, -0.15) is 5.11 Å². The number of nitrogens with one attached hydrogen (secondary N) is 1. The van der Waals surface area contributed by atoms with Gasteiger partial charge in [0.15, 0.2) is 0 Å². The highest BCUT2D eigenvalue weighted by Gasteiger charge is 2.18. The maximum Gasteiger partial charge on any atom is 0.214 e. The highest BCUT2D eigenvalue weighted by Crippen LogP contribution is 2.36. The summed E-state index contributed by atoms with van der Waals surface area (Å²) < 4.78 is 0. The van der Waals surface area contributed by atoms with Gasteiger partial charge in [0.1, 0.15) is 0 Å². The zero-order valence-electron chi connectivity index (χ0n) is 5.20. The molecule has 1 aromatic carbocycles. The molecule has 0 spiro atoms. The predicted molar refractivity (Wildman–Crippen MR) is 40.4 cm³/mol.